The van der Waals surface area contributed by atoms with Gasteiger partial charge in [0.05, 0.1) is 13.2 Å². The van der Waals surface area contributed by atoms with Gasteiger partial charge in [0.25, 0.3) is 0 Å². The highest BCUT2D eigenvalue weighted by molar-refractivity contribution is 5.96. The first-order chi connectivity index (χ1) is 10.0. The van der Waals surface area contributed by atoms with E-state index in [1.807, 2.05) is 0 Å². The van der Waals surface area contributed by atoms with Crippen molar-refractivity contribution in [3.63, 3.8) is 0 Å². The van der Waals surface area contributed by atoms with Crippen LogP contribution in [0.5, 0.6) is 0 Å². The van der Waals surface area contributed by atoms with E-state index in [2.05, 4.69) is 19.2 Å². The van der Waals surface area contributed by atoms with Crippen LogP contribution in [-0.2, 0) is 19.1 Å². The maximum atomic E-state index is 12.1. The van der Waals surface area contributed by atoms with Crippen LogP contribution < -0.4 is 5.32 Å². The molecule has 120 valence electrons. The van der Waals surface area contributed by atoms with Gasteiger partial charge in [-0.15, -0.1) is 0 Å². The van der Waals surface area contributed by atoms with E-state index in [1.165, 1.54) is 0 Å². The van der Waals surface area contributed by atoms with Gasteiger partial charge in [-0.1, -0.05) is 13.8 Å². The molecule has 0 bridgehead atoms. The normalized spacial score (nSPS) is 21.0. The fourth-order valence-electron chi connectivity index (χ4n) is 2.69. The Bertz CT molecular complexity index is 368. The molecule has 2 saturated heterocycles. The van der Waals surface area contributed by atoms with E-state index in [4.69, 9.17) is 9.47 Å². The quantitative estimate of drug-likeness (QED) is 0.766. The lowest BCUT2D eigenvalue weighted by Crippen LogP contribution is -2.48. The minimum atomic E-state index is -0.476. The van der Waals surface area contributed by atoms with E-state index >= 15 is 0 Å². The summed E-state index contributed by atoms with van der Waals surface area (Å²) in [4.78, 5) is 25.5. The maximum absolute atomic E-state index is 12.1. The van der Waals surface area contributed by atoms with Crippen molar-refractivity contribution in [2.24, 2.45) is 5.92 Å². The van der Waals surface area contributed by atoms with E-state index in [9.17, 15) is 9.59 Å². The highest BCUT2D eigenvalue weighted by Crippen LogP contribution is 2.31. The van der Waals surface area contributed by atoms with Crippen molar-refractivity contribution in [1.82, 2.24) is 10.2 Å². The molecule has 21 heavy (non-hydrogen) atoms. The average molecular weight is 298 g/mol. The van der Waals surface area contributed by atoms with E-state index in [0.29, 0.717) is 51.6 Å². The standard InChI is InChI=1S/C15H26N2O4/c1-12(2)3-6-16-13(18)11-14(19)17-7-4-15(5-8-17)20-9-10-21-15/h12H,3-11H2,1-2H3,(H,16,18). The predicted octanol–water partition coefficient (Wildman–Crippen LogP) is 0.904. The third kappa shape index (κ3) is 4.68. The molecule has 1 spiro atoms. The van der Waals surface area contributed by atoms with Gasteiger partial charge in [-0.3, -0.25) is 9.59 Å². The van der Waals surface area contributed by atoms with Gasteiger partial charge in [0.15, 0.2) is 5.79 Å². The smallest absolute Gasteiger partial charge is 0.232 e. The monoisotopic (exact) mass is 298 g/mol. The van der Waals surface area contributed by atoms with Crippen molar-refractivity contribution in [2.45, 2.75) is 45.3 Å². The number of ether oxygens (including phenoxy) is 2. The Hall–Kier alpha value is -1.14. The predicted molar refractivity (Wildman–Crippen MR) is 77.5 cm³/mol. The summed E-state index contributed by atoms with van der Waals surface area (Å²) in [6, 6.07) is 0. The second-order valence-corrected chi connectivity index (χ2v) is 6.20. The summed E-state index contributed by atoms with van der Waals surface area (Å²) in [7, 11) is 0. The SMILES string of the molecule is CC(C)CCNC(=O)CC(=O)N1CCC2(CC1)OCCO2. The number of piperidine rings is 1. The summed E-state index contributed by atoms with van der Waals surface area (Å²) in [5.41, 5.74) is 0. The number of nitrogens with zero attached hydrogens (tertiary/aromatic N) is 1. The molecule has 0 radical (unpaired) electrons. The molecular formula is C15H26N2O4. The summed E-state index contributed by atoms with van der Waals surface area (Å²) < 4.78 is 11.3. The molecule has 0 aliphatic carbocycles. The Morgan fingerprint density at radius 1 is 1.19 bits per heavy atom. The van der Waals surface area contributed by atoms with Crippen molar-refractivity contribution in [3.8, 4) is 0 Å². The first-order valence-corrected chi connectivity index (χ1v) is 7.83. The number of hydrogen-bond acceptors (Lipinski definition) is 4. The first kappa shape index (κ1) is 16.2. The zero-order valence-electron chi connectivity index (χ0n) is 13.0. The van der Waals surface area contributed by atoms with Gasteiger partial charge in [-0.25, -0.2) is 0 Å². The molecule has 2 fully saturated rings. The van der Waals surface area contributed by atoms with Crippen molar-refractivity contribution < 1.29 is 19.1 Å². The van der Waals surface area contributed by atoms with Crippen LogP contribution in [-0.4, -0.2) is 55.3 Å². The second kappa shape index (κ2) is 7.22. The van der Waals surface area contributed by atoms with Gasteiger partial charge in [0, 0.05) is 32.5 Å². The highest BCUT2D eigenvalue weighted by Gasteiger charge is 2.40. The van der Waals surface area contributed by atoms with Crippen LogP contribution in [0, 0.1) is 5.92 Å². The number of carbonyl (C=O) groups is 2. The lowest BCUT2D eigenvalue weighted by molar-refractivity contribution is -0.187. The van der Waals surface area contributed by atoms with Crippen molar-refractivity contribution in [1.29, 1.82) is 0 Å². The van der Waals surface area contributed by atoms with Gasteiger partial charge in [0.2, 0.25) is 11.8 Å². The van der Waals surface area contributed by atoms with Crippen LogP contribution in [0.15, 0.2) is 0 Å². The molecule has 0 saturated carbocycles. The Kier molecular flexibility index (Phi) is 5.58. The van der Waals surface area contributed by atoms with Crippen molar-refractivity contribution in [2.75, 3.05) is 32.8 Å². The number of carbonyl (C=O) groups excluding carboxylic acids is 2. The molecule has 0 aromatic rings. The van der Waals surface area contributed by atoms with Gasteiger partial charge < -0.3 is 19.7 Å². The largest absolute Gasteiger partial charge is 0.356 e. The van der Waals surface area contributed by atoms with Crippen molar-refractivity contribution >= 4 is 11.8 Å². The van der Waals surface area contributed by atoms with E-state index in [1.54, 1.807) is 4.90 Å². The minimum Gasteiger partial charge on any atom is -0.356 e. The molecule has 0 aromatic carbocycles. The number of amides is 2. The highest BCUT2D eigenvalue weighted by atomic mass is 16.7. The molecule has 0 unspecified atom stereocenters. The molecule has 2 rings (SSSR count). The molecule has 6 heteroatoms. The Balaban J connectivity index is 1.68. The van der Waals surface area contributed by atoms with E-state index in [-0.39, 0.29) is 18.2 Å². The average Bonchev–Trinajstić information content (AvgIpc) is 2.87. The molecule has 6 nitrogen and oxygen atoms in total. The van der Waals surface area contributed by atoms with Crippen LogP contribution in [0.25, 0.3) is 0 Å². The van der Waals surface area contributed by atoms with Gasteiger partial charge in [-0.2, -0.15) is 0 Å². The summed E-state index contributed by atoms with van der Waals surface area (Å²) in [6.07, 6.45) is 2.25. The number of rotatable bonds is 5. The Morgan fingerprint density at radius 2 is 1.81 bits per heavy atom. The lowest BCUT2D eigenvalue weighted by Gasteiger charge is -2.37. The fraction of sp³-hybridized carbons (Fsp3) is 0.867. The first-order valence-electron chi connectivity index (χ1n) is 7.83. The third-order valence-electron chi connectivity index (χ3n) is 4.05. The molecule has 0 atom stereocenters. The molecule has 2 aliphatic rings. The van der Waals surface area contributed by atoms with Gasteiger partial charge in [0.1, 0.15) is 6.42 Å². The number of likely N-dealkylation sites (tertiary alicyclic amines) is 1. The van der Waals surface area contributed by atoms with Crippen molar-refractivity contribution in [3.05, 3.63) is 0 Å². The van der Waals surface area contributed by atoms with E-state index in [0.717, 1.165) is 6.42 Å². The van der Waals surface area contributed by atoms with Crippen LogP contribution in [0.2, 0.25) is 0 Å². The molecule has 2 aliphatic heterocycles. The topological polar surface area (TPSA) is 67.9 Å². The molecule has 0 aromatic heterocycles. The summed E-state index contributed by atoms with van der Waals surface area (Å²) in [6.45, 7) is 7.30. The zero-order chi connectivity index (χ0) is 15.3. The molecule has 1 N–H and O–H groups in total. The molecular weight excluding hydrogens is 272 g/mol. The fourth-order valence-corrected chi connectivity index (χ4v) is 2.69. The Labute approximate surface area is 126 Å². The van der Waals surface area contributed by atoms with Crippen LogP contribution in [0.1, 0.15) is 39.5 Å². The van der Waals surface area contributed by atoms with Crippen LogP contribution >= 0.6 is 0 Å². The minimum absolute atomic E-state index is 0.0627. The van der Waals surface area contributed by atoms with Crippen LogP contribution in [0.4, 0.5) is 0 Å². The van der Waals surface area contributed by atoms with E-state index < -0.39 is 5.79 Å². The summed E-state index contributed by atoms with van der Waals surface area (Å²) >= 11 is 0. The summed E-state index contributed by atoms with van der Waals surface area (Å²) in [5, 5.41) is 2.80. The zero-order valence-corrected chi connectivity index (χ0v) is 13.0. The van der Waals surface area contributed by atoms with Gasteiger partial charge in [-0.05, 0) is 12.3 Å². The second-order valence-electron chi connectivity index (χ2n) is 6.20. The van der Waals surface area contributed by atoms with Gasteiger partial charge >= 0.3 is 0 Å². The number of hydrogen-bond donors (Lipinski definition) is 1. The third-order valence-corrected chi connectivity index (χ3v) is 4.05. The summed E-state index contributed by atoms with van der Waals surface area (Å²) in [5.74, 6) is -0.221. The lowest BCUT2D eigenvalue weighted by atomic mass is 10.0. The maximum Gasteiger partial charge on any atom is 0.232 e. The Morgan fingerprint density at radius 3 is 2.38 bits per heavy atom. The van der Waals surface area contributed by atoms with Crippen LogP contribution in [0.3, 0.4) is 0 Å². The molecule has 2 amide bonds. The number of nitrogens with one attached hydrogen (secondary N) is 1. The molecule has 2 heterocycles.